The van der Waals surface area contributed by atoms with Crippen molar-refractivity contribution in [1.29, 1.82) is 0 Å². The lowest BCUT2D eigenvalue weighted by Crippen LogP contribution is -2.16. The minimum absolute atomic E-state index is 0.00150. The minimum atomic E-state index is -0.00150. The molecule has 146 valence electrons. The summed E-state index contributed by atoms with van der Waals surface area (Å²) < 4.78 is 0. The van der Waals surface area contributed by atoms with Gasteiger partial charge in [0.1, 0.15) is 0 Å². The number of rotatable bonds is 16. The van der Waals surface area contributed by atoms with Gasteiger partial charge in [0.15, 0.2) is 0 Å². The van der Waals surface area contributed by atoms with Gasteiger partial charge in [0.25, 0.3) is 0 Å². The molecular weight excluding hydrogens is 322 g/mol. The van der Waals surface area contributed by atoms with Gasteiger partial charge in [0.2, 0.25) is 5.91 Å². The third kappa shape index (κ3) is 13.6. The highest BCUT2D eigenvalue weighted by Gasteiger charge is 1.99. The summed E-state index contributed by atoms with van der Waals surface area (Å²) in [5.41, 5.74) is 3.52. The Labute approximate surface area is 159 Å². The summed E-state index contributed by atoms with van der Waals surface area (Å²) in [6, 6.07) is 3.70. The maximum absolute atomic E-state index is 11.7. The van der Waals surface area contributed by atoms with Gasteiger partial charge in [-0.1, -0.05) is 84.0 Å². The van der Waals surface area contributed by atoms with Crippen LogP contribution < -0.4 is 5.43 Å². The van der Waals surface area contributed by atoms with E-state index in [0.717, 1.165) is 18.4 Å². The molecule has 0 aliphatic carbocycles. The van der Waals surface area contributed by atoms with Crippen LogP contribution in [0.3, 0.4) is 0 Å². The normalized spacial score (nSPS) is 11.1. The van der Waals surface area contributed by atoms with Crippen molar-refractivity contribution in [3.05, 3.63) is 30.1 Å². The first-order chi connectivity index (χ1) is 12.8. The fraction of sp³-hybridized carbons (Fsp3) is 0.682. The molecule has 1 aromatic heterocycles. The van der Waals surface area contributed by atoms with E-state index in [1.54, 1.807) is 18.6 Å². The summed E-state index contributed by atoms with van der Waals surface area (Å²) in [6.07, 6.45) is 22.7. The van der Waals surface area contributed by atoms with Crippen LogP contribution in [0.2, 0.25) is 0 Å². The number of hydrogen-bond acceptors (Lipinski definition) is 3. The van der Waals surface area contributed by atoms with E-state index in [2.05, 4.69) is 22.4 Å². The van der Waals surface area contributed by atoms with Gasteiger partial charge in [0, 0.05) is 18.8 Å². The second-order valence-corrected chi connectivity index (χ2v) is 7.07. The minimum Gasteiger partial charge on any atom is -0.273 e. The molecule has 1 N–H and O–H groups in total. The molecule has 4 heteroatoms. The molecule has 26 heavy (non-hydrogen) atoms. The van der Waals surface area contributed by atoms with Crippen molar-refractivity contribution in [3.8, 4) is 0 Å². The van der Waals surface area contributed by atoms with Gasteiger partial charge in [-0.3, -0.25) is 9.78 Å². The fourth-order valence-corrected chi connectivity index (χ4v) is 2.99. The van der Waals surface area contributed by atoms with Crippen molar-refractivity contribution in [2.24, 2.45) is 5.10 Å². The molecule has 0 aliphatic heterocycles. The smallest absolute Gasteiger partial charge is 0.240 e. The van der Waals surface area contributed by atoms with Crippen LogP contribution in [0.15, 0.2) is 29.6 Å². The van der Waals surface area contributed by atoms with Crippen LogP contribution >= 0.6 is 0 Å². The van der Waals surface area contributed by atoms with Crippen LogP contribution in [0.1, 0.15) is 102 Å². The summed E-state index contributed by atoms with van der Waals surface area (Å²) in [4.78, 5) is 15.6. The molecule has 1 heterocycles. The maximum atomic E-state index is 11.7. The highest BCUT2D eigenvalue weighted by atomic mass is 16.2. The zero-order chi connectivity index (χ0) is 18.7. The van der Waals surface area contributed by atoms with E-state index in [-0.39, 0.29) is 5.91 Å². The van der Waals surface area contributed by atoms with E-state index < -0.39 is 0 Å². The van der Waals surface area contributed by atoms with Gasteiger partial charge in [0.05, 0.1) is 6.21 Å². The average Bonchev–Trinajstić information content (AvgIpc) is 2.66. The third-order valence-corrected chi connectivity index (χ3v) is 4.62. The molecule has 0 spiro atoms. The molecule has 0 atom stereocenters. The molecule has 0 radical (unpaired) electrons. The first-order valence-corrected chi connectivity index (χ1v) is 10.5. The van der Waals surface area contributed by atoms with Gasteiger partial charge in [-0.2, -0.15) is 5.10 Å². The molecule has 0 fully saturated rings. The van der Waals surface area contributed by atoms with Crippen LogP contribution in [-0.4, -0.2) is 17.1 Å². The second kappa shape index (κ2) is 16.7. The zero-order valence-corrected chi connectivity index (χ0v) is 16.6. The standard InChI is InChI=1S/C22H37N3O/c1-2-3-4-5-6-7-8-9-10-11-12-13-14-15-22(26)25-24-20-21-16-18-23-19-17-21/h16-20H,2-15H2,1H3,(H,25,26)/b24-20+. The van der Waals surface area contributed by atoms with E-state index in [1.807, 2.05) is 12.1 Å². The average molecular weight is 360 g/mol. The predicted molar refractivity (Wildman–Crippen MR) is 110 cm³/mol. The lowest BCUT2D eigenvalue weighted by molar-refractivity contribution is -0.121. The number of amides is 1. The summed E-state index contributed by atoms with van der Waals surface area (Å²) >= 11 is 0. The third-order valence-electron chi connectivity index (χ3n) is 4.62. The van der Waals surface area contributed by atoms with E-state index >= 15 is 0 Å². The molecule has 4 nitrogen and oxygen atoms in total. The summed E-state index contributed by atoms with van der Waals surface area (Å²) in [5, 5.41) is 3.97. The van der Waals surface area contributed by atoms with Crippen LogP contribution in [-0.2, 0) is 4.79 Å². The molecule has 1 aromatic rings. The number of aromatic nitrogens is 1. The van der Waals surface area contributed by atoms with Crippen LogP contribution in [0.5, 0.6) is 0 Å². The number of nitrogens with zero attached hydrogens (tertiary/aromatic N) is 2. The lowest BCUT2D eigenvalue weighted by atomic mass is 10.0. The highest BCUT2D eigenvalue weighted by Crippen LogP contribution is 2.12. The molecule has 0 saturated carbocycles. The molecule has 0 bridgehead atoms. The number of carbonyl (C=O) groups is 1. The Morgan fingerprint density at radius 3 is 1.92 bits per heavy atom. The number of hydrazone groups is 1. The van der Waals surface area contributed by atoms with Crippen molar-refractivity contribution in [1.82, 2.24) is 10.4 Å². The monoisotopic (exact) mass is 359 g/mol. The maximum Gasteiger partial charge on any atom is 0.240 e. The zero-order valence-electron chi connectivity index (χ0n) is 16.6. The van der Waals surface area contributed by atoms with Crippen LogP contribution in [0, 0.1) is 0 Å². The Bertz CT molecular complexity index is 474. The van der Waals surface area contributed by atoms with E-state index in [9.17, 15) is 4.79 Å². The first-order valence-electron chi connectivity index (χ1n) is 10.5. The van der Waals surface area contributed by atoms with Gasteiger partial charge >= 0.3 is 0 Å². The predicted octanol–water partition coefficient (Wildman–Crippen LogP) is 6.01. The highest BCUT2D eigenvalue weighted by molar-refractivity contribution is 5.82. The molecule has 0 unspecified atom stereocenters. The molecule has 0 aliphatic rings. The topological polar surface area (TPSA) is 54.4 Å². The Balaban J connectivity index is 1.84. The van der Waals surface area contributed by atoms with Gasteiger partial charge < -0.3 is 0 Å². The number of carbonyl (C=O) groups excluding carboxylic acids is 1. The number of hydrogen-bond donors (Lipinski definition) is 1. The van der Waals surface area contributed by atoms with Crippen molar-refractivity contribution in [2.75, 3.05) is 0 Å². The number of pyridine rings is 1. The van der Waals surface area contributed by atoms with E-state index in [4.69, 9.17) is 0 Å². The summed E-state index contributed by atoms with van der Waals surface area (Å²) in [7, 11) is 0. The Kier molecular flexibility index (Phi) is 14.4. The molecular formula is C22H37N3O. The SMILES string of the molecule is CCCCCCCCCCCCCCCC(=O)N/N=C/c1ccncc1. The van der Waals surface area contributed by atoms with E-state index in [0.29, 0.717) is 6.42 Å². The van der Waals surface area contributed by atoms with Gasteiger partial charge in [-0.05, 0) is 24.1 Å². The van der Waals surface area contributed by atoms with Gasteiger partial charge in [-0.25, -0.2) is 5.43 Å². The van der Waals surface area contributed by atoms with Crippen molar-refractivity contribution < 1.29 is 4.79 Å². The van der Waals surface area contributed by atoms with Crippen LogP contribution in [0.4, 0.5) is 0 Å². The van der Waals surface area contributed by atoms with Crippen molar-refractivity contribution in [3.63, 3.8) is 0 Å². The largest absolute Gasteiger partial charge is 0.273 e. The molecule has 0 saturated heterocycles. The van der Waals surface area contributed by atoms with Crippen molar-refractivity contribution in [2.45, 2.75) is 96.8 Å². The van der Waals surface area contributed by atoms with Crippen molar-refractivity contribution >= 4 is 12.1 Å². The summed E-state index contributed by atoms with van der Waals surface area (Å²) in [6.45, 7) is 2.27. The Morgan fingerprint density at radius 2 is 1.38 bits per heavy atom. The number of unbranched alkanes of at least 4 members (excludes halogenated alkanes) is 12. The molecule has 1 rings (SSSR count). The summed E-state index contributed by atoms with van der Waals surface area (Å²) in [5.74, 6) is -0.00150. The Morgan fingerprint density at radius 1 is 0.885 bits per heavy atom. The first kappa shape index (κ1) is 22.3. The fourth-order valence-electron chi connectivity index (χ4n) is 2.99. The van der Waals surface area contributed by atoms with E-state index in [1.165, 1.54) is 70.6 Å². The van der Waals surface area contributed by atoms with Gasteiger partial charge in [-0.15, -0.1) is 0 Å². The van der Waals surface area contributed by atoms with Crippen LogP contribution in [0.25, 0.3) is 0 Å². The quantitative estimate of drug-likeness (QED) is 0.223. The second-order valence-electron chi connectivity index (χ2n) is 7.07. The molecule has 0 aromatic carbocycles. The number of nitrogens with one attached hydrogen (secondary N) is 1. The Hall–Kier alpha value is -1.71. The lowest BCUT2D eigenvalue weighted by Gasteiger charge is -2.03. The molecule has 1 amide bonds.